The second kappa shape index (κ2) is 8.19. The average Bonchev–Trinajstić information content (AvgIpc) is 2.98. The minimum atomic E-state index is -3.56. The molecule has 0 saturated carbocycles. The summed E-state index contributed by atoms with van der Waals surface area (Å²) in [5, 5.41) is 0.462. The third-order valence-electron chi connectivity index (χ3n) is 4.41. The number of aryl methyl sites for hydroxylation is 3. The van der Waals surface area contributed by atoms with E-state index in [9.17, 15) is 13.2 Å². The van der Waals surface area contributed by atoms with Crippen LogP contribution in [-0.4, -0.2) is 24.6 Å². The van der Waals surface area contributed by atoms with E-state index < -0.39 is 15.7 Å². The Balaban J connectivity index is 1.87. The minimum absolute atomic E-state index is 0.154. The molecular weight excluding hydrogens is 416 g/mol. The van der Waals surface area contributed by atoms with Crippen molar-refractivity contribution in [1.82, 2.24) is 4.57 Å². The minimum Gasteiger partial charge on any atom is -0.317 e. The van der Waals surface area contributed by atoms with Crippen LogP contribution in [0.5, 0.6) is 0 Å². The van der Waals surface area contributed by atoms with Crippen LogP contribution in [-0.2, 0) is 21.2 Å². The third kappa shape index (κ3) is 4.37. The molecule has 0 fully saturated rings. The third-order valence-corrected chi connectivity index (χ3v) is 7.62. The maximum Gasteiger partial charge on any atom is 0.249 e. The maximum absolute atomic E-state index is 12.4. The van der Waals surface area contributed by atoms with Gasteiger partial charge in [-0.3, -0.25) is 4.79 Å². The first-order valence-electron chi connectivity index (χ1n) is 8.87. The van der Waals surface area contributed by atoms with Crippen LogP contribution < -0.4 is 4.80 Å². The van der Waals surface area contributed by atoms with E-state index in [0.717, 1.165) is 21.3 Å². The number of amides is 1. The molecule has 0 unspecified atom stereocenters. The Morgan fingerprint density at radius 1 is 1.18 bits per heavy atom. The number of hydrogen-bond donors (Lipinski definition) is 0. The molecule has 28 heavy (non-hydrogen) atoms. The Bertz CT molecular complexity index is 1210. The summed E-state index contributed by atoms with van der Waals surface area (Å²) in [5.74, 6) is -0.729. The lowest BCUT2D eigenvalue weighted by Crippen LogP contribution is -2.17. The maximum atomic E-state index is 12.4. The van der Waals surface area contributed by atoms with Gasteiger partial charge in [0.15, 0.2) is 14.6 Å². The lowest BCUT2D eigenvalue weighted by atomic mass is 10.1. The van der Waals surface area contributed by atoms with Gasteiger partial charge in [0.25, 0.3) is 0 Å². The zero-order chi connectivity index (χ0) is 20.5. The number of sulfone groups is 1. The predicted octanol–water partition coefficient (Wildman–Crippen LogP) is 4.28. The molecule has 0 aliphatic heterocycles. The van der Waals surface area contributed by atoms with E-state index in [0.29, 0.717) is 16.4 Å². The van der Waals surface area contributed by atoms with Crippen LogP contribution in [0.4, 0.5) is 0 Å². The van der Waals surface area contributed by atoms with E-state index in [1.807, 2.05) is 25.3 Å². The zero-order valence-corrected chi connectivity index (χ0v) is 18.3. The Kier molecular flexibility index (Phi) is 6.07. The molecule has 0 N–H and O–H groups in total. The summed E-state index contributed by atoms with van der Waals surface area (Å²) < 4.78 is 27.9. The fourth-order valence-corrected chi connectivity index (χ4v) is 5.56. The SMILES string of the molecule is CCn1c(=NC(=O)CCS(=O)(=O)c2ccc(Cl)cc2)sc2c(C)cc(C)cc21. The summed E-state index contributed by atoms with van der Waals surface area (Å²) in [6, 6.07) is 10.1. The van der Waals surface area contributed by atoms with Gasteiger partial charge in [-0.05, 0) is 62.2 Å². The Hall–Kier alpha value is -1.96. The van der Waals surface area contributed by atoms with Crippen LogP contribution in [0.2, 0.25) is 5.02 Å². The molecule has 2 aromatic carbocycles. The van der Waals surface area contributed by atoms with Crippen molar-refractivity contribution in [3.05, 3.63) is 57.3 Å². The molecule has 0 saturated heterocycles. The summed E-state index contributed by atoms with van der Waals surface area (Å²) in [7, 11) is -3.56. The molecule has 0 bridgehead atoms. The summed E-state index contributed by atoms with van der Waals surface area (Å²) in [4.78, 5) is 17.3. The largest absolute Gasteiger partial charge is 0.317 e. The number of halogens is 1. The first kappa shape index (κ1) is 20.8. The molecule has 0 aliphatic carbocycles. The van der Waals surface area contributed by atoms with Crippen LogP contribution in [0.1, 0.15) is 24.5 Å². The number of benzene rings is 2. The summed E-state index contributed by atoms with van der Waals surface area (Å²) in [5.41, 5.74) is 3.34. The smallest absolute Gasteiger partial charge is 0.249 e. The van der Waals surface area contributed by atoms with E-state index in [4.69, 9.17) is 11.6 Å². The fourth-order valence-electron chi connectivity index (χ4n) is 3.05. The topological polar surface area (TPSA) is 68.5 Å². The van der Waals surface area contributed by atoms with Crippen LogP contribution in [0.15, 0.2) is 46.3 Å². The molecule has 148 valence electrons. The van der Waals surface area contributed by atoms with Crippen molar-refractivity contribution in [1.29, 1.82) is 0 Å². The van der Waals surface area contributed by atoms with Crippen molar-refractivity contribution >= 4 is 48.9 Å². The van der Waals surface area contributed by atoms with E-state index >= 15 is 0 Å². The number of carbonyl (C=O) groups excluding carboxylic acids is 1. The number of hydrogen-bond acceptors (Lipinski definition) is 4. The molecule has 3 rings (SSSR count). The molecule has 5 nitrogen and oxygen atoms in total. The highest BCUT2D eigenvalue weighted by atomic mass is 35.5. The van der Waals surface area contributed by atoms with Gasteiger partial charge in [-0.15, -0.1) is 0 Å². The number of aromatic nitrogens is 1. The van der Waals surface area contributed by atoms with Gasteiger partial charge in [0, 0.05) is 18.0 Å². The van der Waals surface area contributed by atoms with Crippen LogP contribution >= 0.6 is 22.9 Å². The molecule has 0 spiro atoms. The van der Waals surface area contributed by atoms with Gasteiger partial charge in [-0.1, -0.05) is 29.0 Å². The number of rotatable bonds is 5. The normalized spacial score (nSPS) is 12.6. The fraction of sp³-hybridized carbons (Fsp3) is 0.300. The van der Waals surface area contributed by atoms with Gasteiger partial charge in [-0.25, -0.2) is 8.42 Å². The second-order valence-corrected chi connectivity index (χ2v) is 10.1. The molecule has 8 heteroatoms. The van der Waals surface area contributed by atoms with Crippen LogP contribution in [0.3, 0.4) is 0 Å². The molecule has 0 aliphatic rings. The Morgan fingerprint density at radius 3 is 2.50 bits per heavy atom. The van der Waals surface area contributed by atoms with Gasteiger partial charge in [-0.2, -0.15) is 4.99 Å². The lowest BCUT2D eigenvalue weighted by molar-refractivity contribution is -0.117. The number of nitrogens with zero attached hydrogens (tertiary/aromatic N) is 2. The molecular formula is C20H21ClN2O3S2. The first-order valence-corrected chi connectivity index (χ1v) is 11.7. The molecule has 0 radical (unpaired) electrons. The second-order valence-electron chi connectivity index (χ2n) is 6.59. The van der Waals surface area contributed by atoms with Crippen LogP contribution in [0, 0.1) is 13.8 Å². The van der Waals surface area contributed by atoms with Gasteiger partial charge < -0.3 is 4.57 Å². The van der Waals surface area contributed by atoms with Crippen molar-refractivity contribution < 1.29 is 13.2 Å². The molecule has 1 aromatic heterocycles. The summed E-state index contributed by atoms with van der Waals surface area (Å²) >= 11 is 7.25. The van der Waals surface area contributed by atoms with Crippen molar-refractivity contribution in [2.45, 2.75) is 38.6 Å². The highest BCUT2D eigenvalue weighted by Gasteiger charge is 2.17. The quantitative estimate of drug-likeness (QED) is 0.599. The van der Waals surface area contributed by atoms with Crippen molar-refractivity contribution in [3.8, 4) is 0 Å². The van der Waals surface area contributed by atoms with Gasteiger partial charge in [0.1, 0.15) is 0 Å². The standard InChI is InChI=1S/C20H21ClN2O3S2/c1-4-23-17-12-13(2)11-14(3)19(17)27-20(23)22-18(24)9-10-28(25,26)16-7-5-15(21)6-8-16/h5-8,11-12H,4,9-10H2,1-3H3. The highest BCUT2D eigenvalue weighted by Crippen LogP contribution is 2.23. The van der Waals surface area contributed by atoms with Crippen molar-refractivity contribution in [2.24, 2.45) is 4.99 Å². The molecule has 1 heterocycles. The lowest BCUT2D eigenvalue weighted by Gasteiger charge is -2.04. The van der Waals surface area contributed by atoms with E-state index in [2.05, 4.69) is 17.1 Å². The monoisotopic (exact) mass is 436 g/mol. The first-order chi connectivity index (χ1) is 13.2. The van der Waals surface area contributed by atoms with Crippen molar-refractivity contribution in [2.75, 3.05) is 5.75 Å². The van der Waals surface area contributed by atoms with E-state index in [1.165, 1.54) is 35.6 Å². The molecule has 3 aromatic rings. The van der Waals surface area contributed by atoms with E-state index in [-0.39, 0.29) is 17.1 Å². The Labute approximate surface area is 173 Å². The number of thiazole rings is 1. The van der Waals surface area contributed by atoms with Gasteiger partial charge in [0.05, 0.1) is 20.9 Å². The molecule has 1 amide bonds. The number of fused-ring (bicyclic) bond motifs is 1. The Morgan fingerprint density at radius 2 is 1.86 bits per heavy atom. The summed E-state index contributed by atoms with van der Waals surface area (Å²) in [6.07, 6.45) is -0.166. The van der Waals surface area contributed by atoms with Gasteiger partial charge >= 0.3 is 0 Å². The predicted molar refractivity (Wildman–Crippen MR) is 114 cm³/mol. The van der Waals surface area contributed by atoms with Crippen LogP contribution in [0.25, 0.3) is 10.2 Å². The average molecular weight is 437 g/mol. The van der Waals surface area contributed by atoms with Gasteiger partial charge in [0.2, 0.25) is 5.91 Å². The zero-order valence-electron chi connectivity index (χ0n) is 15.9. The van der Waals surface area contributed by atoms with Crippen molar-refractivity contribution in [3.63, 3.8) is 0 Å². The molecule has 0 atom stereocenters. The number of carbonyl (C=O) groups is 1. The highest BCUT2D eigenvalue weighted by molar-refractivity contribution is 7.91. The summed E-state index contributed by atoms with van der Waals surface area (Å²) in [6.45, 7) is 6.75. The van der Waals surface area contributed by atoms with E-state index in [1.54, 1.807) is 0 Å².